The lowest BCUT2D eigenvalue weighted by Crippen LogP contribution is -2.13. The number of ketones is 1. The SMILES string of the molecule is CCC.CCC(C)(F)CC.CCc1cccc(C(C)=O)n1. The maximum absolute atomic E-state index is 12.5. The normalized spacial score (nSPS) is 9.90. The first-order chi connectivity index (χ1) is 9.77. The molecule has 0 unspecified atom stereocenters. The van der Waals surface area contributed by atoms with Crippen LogP contribution in [0.25, 0.3) is 0 Å². The van der Waals surface area contributed by atoms with Crippen molar-refractivity contribution in [2.45, 2.75) is 79.8 Å². The molecule has 21 heavy (non-hydrogen) atoms. The number of aromatic nitrogens is 1. The number of hydrogen-bond acceptors (Lipinski definition) is 2. The summed E-state index contributed by atoms with van der Waals surface area (Å²) in [4.78, 5) is 15.0. The van der Waals surface area contributed by atoms with Gasteiger partial charge in [-0.3, -0.25) is 4.79 Å². The van der Waals surface area contributed by atoms with Gasteiger partial charge in [-0.15, -0.1) is 0 Å². The summed E-state index contributed by atoms with van der Waals surface area (Å²) in [6.07, 6.45) is 3.38. The molecule has 1 rings (SSSR count). The number of carbonyl (C=O) groups is 1. The van der Waals surface area contributed by atoms with E-state index in [9.17, 15) is 9.18 Å². The Morgan fingerprint density at radius 2 is 1.62 bits per heavy atom. The smallest absolute Gasteiger partial charge is 0.178 e. The number of halogens is 1. The zero-order valence-electron chi connectivity index (χ0n) is 14.8. The Morgan fingerprint density at radius 3 is 1.90 bits per heavy atom. The Morgan fingerprint density at radius 1 is 1.14 bits per heavy atom. The molecule has 0 saturated carbocycles. The lowest BCUT2D eigenvalue weighted by Gasteiger charge is -2.13. The van der Waals surface area contributed by atoms with Gasteiger partial charge in [-0.1, -0.05) is 47.1 Å². The van der Waals surface area contributed by atoms with Gasteiger partial charge in [-0.25, -0.2) is 9.37 Å². The summed E-state index contributed by atoms with van der Waals surface area (Å²) >= 11 is 0. The molecule has 0 aliphatic rings. The van der Waals surface area contributed by atoms with E-state index in [0.29, 0.717) is 18.5 Å². The van der Waals surface area contributed by atoms with Crippen molar-refractivity contribution < 1.29 is 9.18 Å². The second-order valence-electron chi connectivity index (χ2n) is 5.25. The number of nitrogens with zero attached hydrogens (tertiary/aromatic N) is 1. The third-order valence-corrected chi connectivity index (χ3v) is 3.00. The van der Waals surface area contributed by atoms with E-state index < -0.39 is 5.67 Å². The lowest BCUT2D eigenvalue weighted by atomic mass is 10.0. The molecule has 0 radical (unpaired) electrons. The van der Waals surface area contributed by atoms with E-state index in [4.69, 9.17) is 0 Å². The molecule has 122 valence electrons. The maximum atomic E-state index is 12.5. The molecule has 1 aromatic rings. The van der Waals surface area contributed by atoms with Gasteiger partial charge in [-0.05, 0) is 38.3 Å². The summed E-state index contributed by atoms with van der Waals surface area (Å²) in [7, 11) is 0. The minimum atomic E-state index is -0.917. The fraction of sp³-hybridized carbons (Fsp3) is 0.667. The molecule has 0 aliphatic heterocycles. The van der Waals surface area contributed by atoms with Crippen LogP contribution in [-0.4, -0.2) is 16.4 Å². The first-order valence-electron chi connectivity index (χ1n) is 7.93. The average molecular weight is 297 g/mol. The largest absolute Gasteiger partial charge is 0.293 e. The maximum Gasteiger partial charge on any atom is 0.178 e. The Kier molecular flexibility index (Phi) is 13.1. The predicted octanol–water partition coefficient (Wildman–Crippen LogP) is 5.80. The first-order valence-corrected chi connectivity index (χ1v) is 7.93. The van der Waals surface area contributed by atoms with Crippen LogP contribution in [0.3, 0.4) is 0 Å². The molecule has 1 aromatic heterocycles. The molecule has 0 N–H and O–H groups in total. The molecule has 0 atom stereocenters. The van der Waals surface area contributed by atoms with Crippen molar-refractivity contribution in [1.29, 1.82) is 0 Å². The highest BCUT2D eigenvalue weighted by molar-refractivity contribution is 5.92. The van der Waals surface area contributed by atoms with Crippen LogP contribution in [0, 0.1) is 0 Å². The summed E-state index contributed by atoms with van der Waals surface area (Å²) < 4.78 is 12.5. The molecular weight excluding hydrogens is 265 g/mol. The van der Waals surface area contributed by atoms with E-state index in [1.54, 1.807) is 13.0 Å². The zero-order chi connectivity index (χ0) is 16.9. The number of hydrogen-bond donors (Lipinski definition) is 0. The molecule has 0 spiro atoms. The molecule has 3 heteroatoms. The van der Waals surface area contributed by atoms with Crippen molar-refractivity contribution in [2.75, 3.05) is 0 Å². The van der Waals surface area contributed by atoms with Crippen LogP contribution in [-0.2, 0) is 6.42 Å². The zero-order valence-corrected chi connectivity index (χ0v) is 14.8. The number of aryl methyl sites for hydroxylation is 1. The minimum Gasteiger partial charge on any atom is -0.293 e. The van der Waals surface area contributed by atoms with Crippen LogP contribution in [0.5, 0.6) is 0 Å². The summed E-state index contributed by atoms with van der Waals surface area (Å²) in [5.41, 5.74) is 0.613. The first kappa shape index (κ1) is 22.0. The Labute approximate surface area is 130 Å². The number of carbonyl (C=O) groups excluding carboxylic acids is 1. The van der Waals surface area contributed by atoms with Gasteiger partial charge in [-0.2, -0.15) is 0 Å². The summed E-state index contributed by atoms with van der Waals surface area (Å²) in [5.74, 6) is 0.0281. The van der Waals surface area contributed by atoms with Gasteiger partial charge in [0, 0.05) is 12.6 Å². The Balaban J connectivity index is 0. The van der Waals surface area contributed by atoms with E-state index in [1.807, 2.05) is 32.9 Å². The van der Waals surface area contributed by atoms with E-state index in [2.05, 4.69) is 18.8 Å². The van der Waals surface area contributed by atoms with Gasteiger partial charge in [0.1, 0.15) is 11.4 Å². The standard InChI is InChI=1S/C9H11NO.C6H13F.C3H8/c1-3-8-5-4-6-9(10-8)7(2)11;1-4-6(3,7)5-2;1-3-2/h4-6H,3H2,1-2H3;4-5H2,1-3H3;3H2,1-2H3. The molecule has 0 saturated heterocycles. The number of Topliss-reactive ketones (excluding diaryl/α,β-unsaturated/α-hetero) is 1. The van der Waals surface area contributed by atoms with Gasteiger partial charge < -0.3 is 0 Å². The fourth-order valence-electron chi connectivity index (χ4n) is 1.12. The van der Waals surface area contributed by atoms with Gasteiger partial charge >= 0.3 is 0 Å². The number of rotatable bonds is 4. The highest BCUT2D eigenvalue weighted by Crippen LogP contribution is 2.17. The average Bonchev–Trinajstić information content (AvgIpc) is 2.48. The van der Waals surface area contributed by atoms with Crippen LogP contribution in [0.4, 0.5) is 4.39 Å². The molecule has 0 amide bonds. The summed E-state index contributed by atoms with van der Waals surface area (Å²) in [5, 5.41) is 0. The van der Waals surface area contributed by atoms with Crippen molar-refractivity contribution in [2.24, 2.45) is 0 Å². The molecule has 0 bridgehead atoms. The van der Waals surface area contributed by atoms with E-state index in [0.717, 1.165) is 12.1 Å². The van der Waals surface area contributed by atoms with Crippen molar-refractivity contribution in [1.82, 2.24) is 4.98 Å². The molecule has 0 fully saturated rings. The van der Waals surface area contributed by atoms with Crippen molar-refractivity contribution >= 4 is 5.78 Å². The molecule has 0 aromatic carbocycles. The highest BCUT2D eigenvalue weighted by Gasteiger charge is 2.15. The van der Waals surface area contributed by atoms with Crippen LogP contribution in [0.15, 0.2) is 18.2 Å². The minimum absolute atomic E-state index is 0.0281. The monoisotopic (exact) mass is 297 g/mol. The third kappa shape index (κ3) is 12.2. The van der Waals surface area contributed by atoms with Crippen LogP contribution in [0.1, 0.15) is 83.9 Å². The number of pyridine rings is 1. The van der Waals surface area contributed by atoms with Gasteiger partial charge in [0.05, 0.1) is 0 Å². The Bertz CT molecular complexity index is 383. The summed E-state index contributed by atoms with van der Waals surface area (Å²) in [6.45, 7) is 13.2. The van der Waals surface area contributed by atoms with Crippen molar-refractivity contribution in [3.05, 3.63) is 29.6 Å². The third-order valence-electron chi connectivity index (χ3n) is 3.00. The second kappa shape index (κ2) is 12.5. The van der Waals surface area contributed by atoms with E-state index in [-0.39, 0.29) is 5.78 Å². The van der Waals surface area contributed by atoms with Crippen LogP contribution in [0.2, 0.25) is 0 Å². The lowest BCUT2D eigenvalue weighted by molar-refractivity contribution is 0.101. The van der Waals surface area contributed by atoms with Crippen LogP contribution >= 0.6 is 0 Å². The van der Waals surface area contributed by atoms with Crippen molar-refractivity contribution in [3.63, 3.8) is 0 Å². The van der Waals surface area contributed by atoms with E-state index in [1.165, 1.54) is 13.3 Å². The fourth-order valence-corrected chi connectivity index (χ4v) is 1.12. The van der Waals surface area contributed by atoms with Crippen LogP contribution < -0.4 is 0 Å². The Hall–Kier alpha value is -1.25. The highest BCUT2D eigenvalue weighted by atomic mass is 19.1. The topological polar surface area (TPSA) is 30.0 Å². The molecule has 1 heterocycles. The molecular formula is C18H32FNO. The van der Waals surface area contributed by atoms with Gasteiger partial charge in [0.2, 0.25) is 0 Å². The summed E-state index contributed by atoms with van der Waals surface area (Å²) in [6, 6.07) is 5.52. The van der Waals surface area contributed by atoms with E-state index >= 15 is 0 Å². The van der Waals surface area contributed by atoms with Gasteiger partial charge in [0.25, 0.3) is 0 Å². The second-order valence-corrected chi connectivity index (χ2v) is 5.25. The molecule has 2 nitrogen and oxygen atoms in total. The van der Waals surface area contributed by atoms with Gasteiger partial charge in [0.15, 0.2) is 5.78 Å². The van der Waals surface area contributed by atoms with Crippen molar-refractivity contribution in [3.8, 4) is 0 Å². The number of alkyl halides is 1. The quantitative estimate of drug-likeness (QED) is 0.658. The predicted molar refractivity (Wildman–Crippen MR) is 89.7 cm³/mol. The molecule has 0 aliphatic carbocycles.